The Morgan fingerprint density at radius 3 is 1.60 bits per heavy atom. The molecular weight excluding hydrogens is 533 g/mol. The van der Waals surface area contributed by atoms with Crippen LogP contribution in [0.15, 0.2) is 34.1 Å². The van der Waals surface area contributed by atoms with Crippen LogP contribution in [0.3, 0.4) is 0 Å². The van der Waals surface area contributed by atoms with Crippen LogP contribution < -0.4 is 4.74 Å². The zero-order valence-corrected chi connectivity index (χ0v) is 29.2. The molecule has 0 spiro atoms. The zero-order chi connectivity index (χ0) is 30.8. The van der Waals surface area contributed by atoms with Crippen LogP contribution in [-0.4, -0.2) is 21.8 Å². The van der Waals surface area contributed by atoms with Crippen molar-refractivity contribution in [3.05, 3.63) is 52.1 Å². The number of hydrogen-bond acceptors (Lipinski definition) is 4. The maximum absolute atomic E-state index is 11.0. The fourth-order valence-corrected chi connectivity index (χ4v) is 7.66. The Morgan fingerprint density at radius 1 is 0.775 bits per heavy atom. The van der Waals surface area contributed by atoms with E-state index in [9.17, 15) is 4.79 Å². The molecule has 0 saturated carbocycles. The highest BCUT2D eigenvalue weighted by Crippen LogP contribution is 2.50. The molecule has 2 aromatic carbocycles. The molecule has 40 heavy (non-hydrogen) atoms. The van der Waals surface area contributed by atoms with Gasteiger partial charge in [-0.1, -0.05) is 76.2 Å². The second kappa shape index (κ2) is 12.7. The molecule has 0 atom stereocenters. The first-order valence-corrected chi connectivity index (χ1v) is 16.2. The molecule has 0 aliphatic rings. The van der Waals surface area contributed by atoms with Crippen LogP contribution >= 0.6 is 23.5 Å². The molecule has 0 aromatic heterocycles. The van der Waals surface area contributed by atoms with Gasteiger partial charge in [0.1, 0.15) is 5.75 Å². The minimum absolute atomic E-state index is 0.0884. The first kappa shape index (κ1) is 34.6. The van der Waals surface area contributed by atoms with Gasteiger partial charge in [-0.15, -0.1) is 23.5 Å². The lowest BCUT2D eigenvalue weighted by Gasteiger charge is -2.32. The first-order chi connectivity index (χ1) is 18.0. The standard InChI is InChI=1S/C35H54O3S2/c1-22(2)26-18-24(19-27(23(26)3)32(4,5)6)39-35(13,14)40-25-20-28(33(7,8)9)31(29(21-25)34(10,11)12)38-17-15-16-30(36)37/h18-22H,15-17H2,1-14H3,(H,36,37). The summed E-state index contributed by atoms with van der Waals surface area (Å²) in [5.74, 6) is 0.602. The fourth-order valence-electron chi connectivity index (χ4n) is 5.06. The molecule has 0 bridgehead atoms. The maximum Gasteiger partial charge on any atom is 0.303 e. The molecular formula is C35H54O3S2. The van der Waals surface area contributed by atoms with Gasteiger partial charge in [-0.05, 0) is 90.3 Å². The molecule has 0 unspecified atom stereocenters. The lowest BCUT2D eigenvalue weighted by molar-refractivity contribution is -0.137. The zero-order valence-electron chi connectivity index (χ0n) is 27.6. The molecule has 0 fully saturated rings. The Hall–Kier alpha value is -1.59. The highest BCUT2D eigenvalue weighted by molar-refractivity contribution is 8.18. The average Bonchev–Trinajstić information content (AvgIpc) is 2.75. The van der Waals surface area contributed by atoms with E-state index in [0.29, 0.717) is 18.9 Å². The number of carbonyl (C=O) groups is 1. The van der Waals surface area contributed by atoms with Gasteiger partial charge in [0, 0.05) is 27.3 Å². The lowest BCUT2D eigenvalue weighted by Crippen LogP contribution is -2.21. The van der Waals surface area contributed by atoms with Gasteiger partial charge >= 0.3 is 5.97 Å². The van der Waals surface area contributed by atoms with Crippen molar-refractivity contribution in [2.75, 3.05) is 6.61 Å². The summed E-state index contributed by atoms with van der Waals surface area (Å²) in [6.45, 7) is 32.1. The van der Waals surface area contributed by atoms with Crippen molar-refractivity contribution in [3.8, 4) is 5.75 Å². The molecule has 1 N–H and O–H groups in total. The average molecular weight is 587 g/mol. The van der Waals surface area contributed by atoms with Crippen molar-refractivity contribution < 1.29 is 14.6 Å². The number of ether oxygens (including phenoxy) is 1. The molecule has 0 aliphatic carbocycles. The lowest BCUT2D eigenvalue weighted by atomic mass is 9.79. The summed E-state index contributed by atoms with van der Waals surface area (Å²) in [6.07, 6.45) is 0.609. The SMILES string of the molecule is Cc1c(C(C)C)cc(SC(C)(C)Sc2cc(C(C)(C)C)c(OCCCC(=O)O)c(C(C)(C)C)c2)cc1C(C)(C)C. The highest BCUT2D eigenvalue weighted by Gasteiger charge is 2.31. The monoisotopic (exact) mass is 586 g/mol. The van der Waals surface area contributed by atoms with Crippen LogP contribution in [0.1, 0.15) is 137 Å². The fraction of sp³-hybridized carbons (Fsp3) is 0.629. The predicted molar refractivity (Wildman–Crippen MR) is 176 cm³/mol. The van der Waals surface area contributed by atoms with E-state index in [0.717, 1.165) is 5.75 Å². The van der Waals surface area contributed by atoms with Crippen molar-refractivity contribution in [2.24, 2.45) is 0 Å². The molecule has 0 heterocycles. The van der Waals surface area contributed by atoms with Crippen LogP contribution in [-0.2, 0) is 21.0 Å². The summed E-state index contributed by atoms with van der Waals surface area (Å²) >= 11 is 3.84. The third kappa shape index (κ3) is 9.48. The van der Waals surface area contributed by atoms with Crippen LogP contribution in [0.2, 0.25) is 0 Å². The molecule has 0 amide bonds. The summed E-state index contributed by atoms with van der Waals surface area (Å²) in [5.41, 5.74) is 6.46. The summed E-state index contributed by atoms with van der Waals surface area (Å²) in [4.78, 5) is 13.6. The van der Waals surface area contributed by atoms with E-state index in [1.807, 2.05) is 23.5 Å². The Morgan fingerprint density at radius 2 is 1.20 bits per heavy atom. The molecule has 5 heteroatoms. The van der Waals surface area contributed by atoms with Crippen molar-refractivity contribution in [3.63, 3.8) is 0 Å². The molecule has 0 aliphatic heterocycles. The molecule has 2 aromatic rings. The van der Waals surface area contributed by atoms with E-state index in [1.54, 1.807) is 0 Å². The third-order valence-electron chi connectivity index (χ3n) is 7.04. The smallest absolute Gasteiger partial charge is 0.303 e. The Kier molecular flexibility index (Phi) is 11.0. The van der Waals surface area contributed by atoms with E-state index in [1.165, 1.54) is 37.6 Å². The van der Waals surface area contributed by atoms with Crippen LogP contribution in [0.4, 0.5) is 0 Å². The second-order valence-corrected chi connectivity index (χ2v) is 18.5. The number of benzene rings is 2. The molecule has 0 saturated heterocycles. The minimum atomic E-state index is -0.786. The number of aliphatic carboxylic acids is 1. The molecule has 0 radical (unpaired) electrons. The van der Waals surface area contributed by atoms with E-state index in [4.69, 9.17) is 9.84 Å². The van der Waals surface area contributed by atoms with E-state index < -0.39 is 5.97 Å². The van der Waals surface area contributed by atoms with E-state index in [-0.39, 0.29) is 26.7 Å². The van der Waals surface area contributed by atoms with Gasteiger partial charge in [0.15, 0.2) is 0 Å². The van der Waals surface area contributed by atoms with Crippen molar-refractivity contribution in [1.29, 1.82) is 0 Å². The van der Waals surface area contributed by atoms with Gasteiger partial charge in [0.25, 0.3) is 0 Å². The van der Waals surface area contributed by atoms with Crippen LogP contribution in [0.5, 0.6) is 5.75 Å². The minimum Gasteiger partial charge on any atom is -0.493 e. The number of rotatable bonds is 10. The predicted octanol–water partition coefficient (Wildman–Crippen LogP) is 10.9. The quantitative estimate of drug-likeness (QED) is 0.170. The topological polar surface area (TPSA) is 46.5 Å². The Labute approximate surface area is 253 Å². The highest BCUT2D eigenvalue weighted by atomic mass is 32.2. The maximum atomic E-state index is 11.0. The largest absolute Gasteiger partial charge is 0.493 e. The summed E-state index contributed by atoms with van der Waals surface area (Å²) in [7, 11) is 0. The number of carboxylic acids is 1. The summed E-state index contributed by atoms with van der Waals surface area (Å²) in [5, 5.41) is 9.08. The van der Waals surface area contributed by atoms with Gasteiger partial charge in [-0.25, -0.2) is 0 Å². The number of carboxylic acid groups (broad SMARTS) is 1. The normalized spacial score (nSPS) is 13.2. The van der Waals surface area contributed by atoms with E-state index in [2.05, 4.69) is 121 Å². The van der Waals surface area contributed by atoms with Gasteiger partial charge in [-0.3, -0.25) is 4.79 Å². The molecule has 3 nitrogen and oxygen atoms in total. The van der Waals surface area contributed by atoms with Crippen LogP contribution in [0.25, 0.3) is 0 Å². The van der Waals surface area contributed by atoms with Gasteiger partial charge in [0.05, 0.1) is 10.7 Å². The first-order valence-electron chi connectivity index (χ1n) is 14.6. The Balaban J connectivity index is 2.54. The van der Waals surface area contributed by atoms with E-state index >= 15 is 0 Å². The third-order valence-corrected chi connectivity index (χ3v) is 9.46. The summed E-state index contributed by atoms with van der Waals surface area (Å²) in [6, 6.07) is 9.40. The summed E-state index contributed by atoms with van der Waals surface area (Å²) < 4.78 is 6.26. The van der Waals surface area contributed by atoms with Crippen molar-refractivity contribution in [2.45, 2.75) is 146 Å². The Bertz CT molecular complexity index is 1150. The van der Waals surface area contributed by atoms with Crippen LogP contribution in [0, 0.1) is 6.92 Å². The van der Waals surface area contributed by atoms with Gasteiger partial charge < -0.3 is 9.84 Å². The number of thioether (sulfide) groups is 2. The van der Waals surface area contributed by atoms with Gasteiger partial charge in [-0.2, -0.15) is 0 Å². The van der Waals surface area contributed by atoms with Crippen molar-refractivity contribution >= 4 is 29.5 Å². The number of hydrogen-bond donors (Lipinski definition) is 1. The molecule has 2 rings (SSSR count). The van der Waals surface area contributed by atoms with Crippen molar-refractivity contribution in [1.82, 2.24) is 0 Å². The second-order valence-electron chi connectivity index (χ2n) is 14.9. The molecule has 224 valence electrons. The van der Waals surface area contributed by atoms with Gasteiger partial charge in [0.2, 0.25) is 0 Å².